The second kappa shape index (κ2) is 7.29. The van der Waals surface area contributed by atoms with Crippen LogP contribution in [0.15, 0.2) is 40.8 Å². The maximum atomic E-state index is 13.3. The third-order valence-electron chi connectivity index (χ3n) is 4.67. The lowest BCUT2D eigenvalue weighted by molar-refractivity contribution is 0.218. The Kier molecular flexibility index (Phi) is 5.25. The molecule has 6 heteroatoms. The van der Waals surface area contributed by atoms with Crippen LogP contribution in [0.1, 0.15) is 25.0 Å². The molecule has 1 heterocycles. The third kappa shape index (κ3) is 3.19. The highest BCUT2D eigenvalue weighted by Crippen LogP contribution is 2.43. The number of aromatic nitrogens is 2. The normalized spacial score (nSPS) is 14.6. The number of thioether (sulfide) groups is 1. The van der Waals surface area contributed by atoms with E-state index in [-0.39, 0.29) is 11.3 Å². The summed E-state index contributed by atoms with van der Waals surface area (Å²) in [6.45, 7) is 8.82. The maximum Gasteiger partial charge on any atom is 0.258 e. The molecule has 1 aromatic heterocycles. The molecule has 0 amide bonds. The zero-order valence-electron chi connectivity index (χ0n) is 15.4. The molecule has 0 bridgehead atoms. The van der Waals surface area contributed by atoms with E-state index in [0.717, 1.165) is 11.1 Å². The van der Waals surface area contributed by atoms with Crippen LogP contribution in [0.5, 0.6) is 5.75 Å². The van der Waals surface area contributed by atoms with Crippen molar-refractivity contribution in [2.45, 2.75) is 37.4 Å². The first-order valence-electron chi connectivity index (χ1n) is 8.60. The summed E-state index contributed by atoms with van der Waals surface area (Å²) in [5.41, 5.74) is 2.63. The molecular formula is C20H24N2O3S. The molecule has 1 aliphatic rings. The predicted octanol–water partition coefficient (Wildman–Crippen LogP) is 3.37. The minimum absolute atomic E-state index is 0.0335. The Labute approximate surface area is 157 Å². The predicted molar refractivity (Wildman–Crippen MR) is 105 cm³/mol. The molecule has 0 saturated heterocycles. The molecule has 5 nitrogen and oxygen atoms in total. The van der Waals surface area contributed by atoms with Gasteiger partial charge in [-0.1, -0.05) is 43.8 Å². The van der Waals surface area contributed by atoms with E-state index in [1.165, 1.54) is 11.8 Å². The molecule has 0 saturated carbocycles. The first-order valence-corrected chi connectivity index (χ1v) is 9.58. The molecule has 138 valence electrons. The van der Waals surface area contributed by atoms with Crippen LogP contribution < -0.4 is 5.56 Å². The van der Waals surface area contributed by atoms with Gasteiger partial charge in [0.15, 0.2) is 5.16 Å². The Hall–Kier alpha value is -2.05. The van der Waals surface area contributed by atoms with Gasteiger partial charge in [-0.25, -0.2) is 4.98 Å². The van der Waals surface area contributed by atoms with Crippen molar-refractivity contribution in [3.05, 3.63) is 52.3 Å². The minimum Gasteiger partial charge on any atom is -0.508 e. The lowest BCUT2D eigenvalue weighted by atomic mass is 9.72. The Balaban J connectivity index is 2.27. The Morgan fingerprint density at radius 2 is 2.23 bits per heavy atom. The molecule has 1 aliphatic carbocycles. The van der Waals surface area contributed by atoms with E-state index in [9.17, 15) is 9.90 Å². The van der Waals surface area contributed by atoms with Crippen molar-refractivity contribution in [1.29, 1.82) is 0 Å². The average molecular weight is 372 g/mol. The number of hydrogen-bond donors (Lipinski definition) is 1. The smallest absolute Gasteiger partial charge is 0.258 e. The van der Waals surface area contributed by atoms with Gasteiger partial charge in [-0.15, -0.1) is 6.58 Å². The number of rotatable bonds is 6. The molecule has 26 heavy (non-hydrogen) atoms. The molecule has 2 aromatic rings. The van der Waals surface area contributed by atoms with Crippen molar-refractivity contribution in [2.24, 2.45) is 0 Å². The highest BCUT2D eigenvalue weighted by molar-refractivity contribution is 7.99. The summed E-state index contributed by atoms with van der Waals surface area (Å²) in [6.07, 6.45) is 2.31. The first kappa shape index (κ1) is 18.7. The second-order valence-electron chi connectivity index (χ2n) is 7.03. The number of phenols is 1. The number of nitrogens with zero attached hydrogens (tertiary/aromatic N) is 2. The monoisotopic (exact) mass is 372 g/mol. The largest absolute Gasteiger partial charge is 0.508 e. The number of benzene rings is 1. The van der Waals surface area contributed by atoms with Crippen molar-refractivity contribution in [2.75, 3.05) is 19.5 Å². The number of ether oxygens (including phenoxy) is 1. The van der Waals surface area contributed by atoms with E-state index in [2.05, 4.69) is 6.58 Å². The fraction of sp³-hybridized carbons (Fsp3) is 0.400. The van der Waals surface area contributed by atoms with Gasteiger partial charge in [0.2, 0.25) is 0 Å². The molecule has 0 atom stereocenters. The van der Waals surface area contributed by atoms with Crippen LogP contribution in [0.4, 0.5) is 0 Å². The van der Waals surface area contributed by atoms with Crippen molar-refractivity contribution in [3.63, 3.8) is 0 Å². The summed E-state index contributed by atoms with van der Waals surface area (Å²) in [5.74, 6) is 0.960. The molecule has 0 fully saturated rings. The van der Waals surface area contributed by atoms with E-state index in [1.54, 1.807) is 29.9 Å². The van der Waals surface area contributed by atoms with Gasteiger partial charge in [-0.2, -0.15) is 0 Å². The summed E-state index contributed by atoms with van der Waals surface area (Å²) >= 11 is 1.49. The van der Waals surface area contributed by atoms with E-state index in [0.29, 0.717) is 41.7 Å². The molecule has 1 aromatic carbocycles. The van der Waals surface area contributed by atoms with Crippen molar-refractivity contribution >= 4 is 11.8 Å². The number of aromatic hydroxyl groups is 1. The van der Waals surface area contributed by atoms with Crippen LogP contribution in [0, 0.1) is 0 Å². The SMILES string of the molecule is C=CCn1c(SCCOC)nc2c(c1=O)C(C)(C)Cc1c(O)cccc1-2. The standard InChI is InChI=1S/C20H24N2O3S/c1-5-9-22-18(24)16-17(21-19(22)26-11-10-25-4)13-7-6-8-15(23)14(13)12-20(16,2)3/h5-8,23H,1,9-12H2,2-4H3. The first-order chi connectivity index (χ1) is 12.4. The zero-order valence-corrected chi connectivity index (χ0v) is 16.2. The fourth-order valence-corrected chi connectivity index (χ4v) is 4.37. The number of fused-ring (bicyclic) bond motifs is 3. The summed E-state index contributed by atoms with van der Waals surface area (Å²) < 4.78 is 6.80. The summed E-state index contributed by atoms with van der Waals surface area (Å²) in [4.78, 5) is 18.2. The van der Waals surface area contributed by atoms with Gasteiger partial charge in [0, 0.05) is 41.5 Å². The quantitative estimate of drug-likeness (QED) is 0.364. The maximum absolute atomic E-state index is 13.3. The number of hydrogen-bond acceptors (Lipinski definition) is 5. The molecular weight excluding hydrogens is 348 g/mol. The Morgan fingerprint density at radius 1 is 1.46 bits per heavy atom. The van der Waals surface area contributed by atoms with E-state index in [1.807, 2.05) is 19.9 Å². The van der Waals surface area contributed by atoms with Crippen LogP contribution in [-0.4, -0.2) is 34.1 Å². The fourth-order valence-electron chi connectivity index (χ4n) is 3.47. The molecule has 3 rings (SSSR count). The molecule has 0 aliphatic heterocycles. The van der Waals surface area contributed by atoms with Gasteiger partial charge < -0.3 is 9.84 Å². The third-order valence-corrected chi connectivity index (χ3v) is 5.61. The van der Waals surface area contributed by atoms with Gasteiger partial charge in [0.25, 0.3) is 5.56 Å². The average Bonchev–Trinajstić information content (AvgIpc) is 2.58. The van der Waals surface area contributed by atoms with Gasteiger partial charge in [-0.05, 0) is 12.5 Å². The van der Waals surface area contributed by atoms with Crippen molar-refractivity contribution < 1.29 is 9.84 Å². The molecule has 0 spiro atoms. The number of phenolic OH excluding ortho intramolecular Hbond substituents is 1. The van der Waals surface area contributed by atoms with E-state index < -0.39 is 5.41 Å². The van der Waals surface area contributed by atoms with E-state index >= 15 is 0 Å². The van der Waals surface area contributed by atoms with Crippen LogP contribution in [-0.2, 0) is 23.1 Å². The zero-order chi connectivity index (χ0) is 18.9. The molecule has 1 N–H and O–H groups in total. The summed E-state index contributed by atoms with van der Waals surface area (Å²) in [7, 11) is 1.65. The van der Waals surface area contributed by atoms with Crippen molar-refractivity contribution in [3.8, 4) is 17.0 Å². The van der Waals surface area contributed by atoms with Gasteiger partial charge >= 0.3 is 0 Å². The van der Waals surface area contributed by atoms with Gasteiger partial charge in [0.05, 0.1) is 12.3 Å². The Morgan fingerprint density at radius 3 is 2.92 bits per heavy atom. The van der Waals surface area contributed by atoms with Crippen LogP contribution in [0.25, 0.3) is 11.3 Å². The minimum atomic E-state index is -0.413. The lowest BCUT2D eigenvalue weighted by Gasteiger charge is -2.33. The van der Waals surface area contributed by atoms with Crippen LogP contribution in [0.2, 0.25) is 0 Å². The highest BCUT2D eigenvalue weighted by Gasteiger charge is 2.37. The number of allylic oxidation sites excluding steroid dienone is 1. The Bertz CT molecular complexity index is 903. The summed E-state index contributed by atoms with van der Waals surface area (Å²) in [5, 5.41) is 11.0. The van der Waals surface area contributed by atoms with Gasteiger partial charge in [0.1, 0.15) is 5.75 Å². The summed E-state index contributed by atoms with van der Waals surface area (Å²) in [6, 6.07) is 5.41. The number of methoxy groups -OCH3 is 1. The molecule has 0 radical (unpaired) electrons. The highest BCUT2D eigenvalue weighted by atomic mass is 32.2. The topological polar surface area (TPSA) is 64.4 Å². The van der Waals surface area contributed by atoms with Crippen LogP contribution >= 0.6 is 11.8 Å². The lowest BCUT2D eigenvalue weighted by Crippen LogP contribution is -2.38. The van der Waals surface area contributed by atoms with Crippen molar-refractivity contribution in [1.82, 2.24) is 9.55 Å². The van der Waals surface area contributed by atoms with Gasteiger partial charge in [-0.3, -0.25) is 9.36 Å². The van der Waals surface area contributed by atoms with Crippen LogP contribution in [0.3, 0.4) is 0 Å². The molecule has 0 unspecified atom stereocenters. The van der Waals surface area contributed by atoms with E-state index in [4.69, 9.17) is 9.72 Å². The second-order valence-corrected chi connectivity index (χ2v) is 8.09.